The Balaban J connectivity index is 1.49. The number of benzene rings is 1. The van der Waals surface area contributed by atoms with Crippen molar-refractivity contribution >= 4 is 34.0 Å². The molecule has 34 heavy (non-hydrogen) atoms. The molecule has 3 aromatic rings. The van der Waals surface area contributed by atoms with E-state index in [0.717, 1.165) is 36.5 Å². The number of hydrogen-bond acceptors (Lipinski definition) is 5. The Morgan fingerprint density at radius 1 is 1.15 bits per heavy atom. The van der Waals surface area contributed by atoms with E-state index in [2.05, 4.69) is 41.0 Å². The van der Waals surface area contributed by atoms with Gasteiger partial charge >= 0.3 is 12.2 Å². The van der Waals surface area contributed by atoms with E-state index in [4.69, 9.17) is 0 Å². The second kappa shape index (κ2) is 7.97. The van der Waals surface area contributed by atoms with Crippen LogP contribution in [0.5, 0.6) is 0 Å². The maximum atomic E-state index is 13.4. The van der Waals surface area contributed by atoms with Crippen LogP contribution in [0.1, 0.15) is 38.4 Å². The highest BCUT2D eigenvalue weighted by Crippen LogP contribution is 2.41. The van der Waals surface area contributed by atoms with E-state index in [1.807, 2.05) is 11.4 Å². The Kier molecular flexibility index (Phi) is 5.31. The number of thiazole rings is 1. The molecule has 6 nitrogen and oxygen atoms in total. The van der Waals surface area contributed by atoms with Gasteiger partial charge in [-0.25, -0.2) is 14.8 Å². The Morgan fingerprint density at radius 2 is 1.94 bits per heavy atom. The van der Waals surface area contributed by atoms with Crippen LogP contribution in [0.2, 0.25) is 0 Å². The summed E-state index contributed by atoms with van der Waals surface area (Å²) >= 11 is 1.37. The van der Waals surface area contributed by atoms with Crippen LogP contribution in [0.4, 0.5) is 34.6 Å². The van der Waals surface area contributed by atoms with Crippen molar-refractivity contribution in [3.63, 3.8) is 0 Å². The predicted molar refractivity (Wildman–Crippen MR) is 128 cm³/mol. The van der Waals surface area contributed by atoms with E-state index < -0.39 is 11.7 Å². The van der Waals surface area contributed by atoms with Gasteiger partial charge in [0.15, 0.2) is 10.9 Å². The molecule has 2 aliphatic rings. The van der Waals surface area contributed by atoms with Gasteiger partial charge in [0.1, 0.15) is 0 Å². The third-order valence-corrected chi connectivity index (χ3v) is 6.90. The number of anilines is 3. The molecular weight excluding hydrogens is 463 g/mol. The van der Waals surface area contributed by atoms with Gasteiger partial charge in [-0.1, -0.05) is 32.9 Å². The van der Waals surface area contributed by atoms with Crippen LogP contribution >= 0.6 is 11.3 Å². The van der Waals surface area contributed by atoms with Crippen LogP contribution in [0.25, 0.3) is 11.3 Å². The summed E-state index contributed by atoms with van der Waals surface area (Å²) in [6, 6.07) is 8.21. The van der Waals surface area contributed by atoms with Crippen LogP contribution in [0.15, 0.2) is 41.8 Å². The summed E-state index contributed by atoms with van der Waals surface area (Å²) in [6.07, 6.45) is -3.66. The molecule has 4 heterocycles. The normalized spacial score (nSPS) is 17.6. The minimum Gasteiger partial charge on any atom is -0.366 e. The highest BCUT2D eigenvalue weighted by molar-refractivity contribution is 7.14. The van der Waals surface area contributed by atoms with Crippen molar-refractivity contribution in [3.8, 4) is 11.3 Å². The van der Waals surface area contributed by atoms with Crippen molar-refractivity contribution in [2.24, 2.45) is 0 Å². The number of halogens is 3. The molecule has 0 unspecified atom stereocenters. The number of urea groups is 1. The molecule has 1 N–H and O–H groups in total. The highest BCUT2D eigenvalue weighted by Gasteiger charge is 2.40. The van der Waals surface area contributed by atoms with Gasteiger partial charge < -0.3 is 4.90 Å². The van der Waals surface area contributed by atoms with Gasteiger partial charge in [-0.3, -0.25) is 10.2 Å². The third-order valence-electron chi connectivity index (χ3n) is 6.14. The SMILES string of the molecule is CC(C)(C)c1csc(NC(=O)N2c3nc(-c4cccc(C(F)(F)F)c4)ccc3N3CC[C@H]2C3)n1. The number of carbonyl (C=O) groups is 1. The average Bonchev–Trinajstić information content (AvgIpc) is 3.41. The van der Waals surface area contributed by atoms with Gasteiger partial charge in [-0.05, 0) is 30.7 Å². The topological polar surface area (TPSA) is 61.4 Å². The van der Waals surface area contributed by atoms with Crippen molar-refractivity contribution < 1.29 is 18.0 Å². The molecule has 2 bridgehead atoms. The first-order valence-corrected chi connectivity index (χ1v) is 11.9. The van der Waals surface area contributed by atoms with Gasteiger partial charge in [0.2, 0.25) is 0 Å². The van der Waals surface area contributed by atoms with Crippen molar-refractivity contribution in [1.82, 2.24) is 9.97 Å². The number of aromatic nitrogens is 2. The van der Waals surface area contributed by atoms with Crippen molar-refractivity contribution in [2.75, 3.05) is 28.2 Å². The second-order valence-corrected chi connectivity index (χ2v) is 10.5. The summed E-state index contributed by atoms with van der Waals surface area (Å²) in [5.41, 5.74) is 1.55. The maximum absolute atomic E-state index is 13.4. The monoisotopic (exact) mass is 487 g/mol. The number of carbonyl (C=O) groups excluding carboxylic acids is 1. The molecule has 0 spiro atoms. The lowest BCUT2D eigenvalue weighted by atomic mass is 9.93. The number of fused-ring (bicyclic) bond motifs is 4. The molecule has 1 aromatic carbocycles. The summed E-state index contributed by atoms with van der Waals surface area (Å²) in [6.45, 7) is 7.65. The Bertz CT molecular complexity index is 1250. The van der Waals surface area contributed by atoms with Crippen LogP contribution < -0.4 is 15.1 Å². The molecule has 2 amide bonds. The molecule has 2 aromatic heterocycles. The zero-order chi connectivity index (χ0) is 24.3. The maximum Gasteiger partial charge on any atom is 0.416 e. The zero-order valence-corrected chi connectivity index (χ0v) is 19.8. The second-order valence-electron chi connectivity index (χ2n) is 9.59. The molecule has 1 atom stereocenters. The number of hydrogen-bond donors (Lipinski definition) is 1. The van der Waals surface area contributed by atoms with Gasteiger partial charge in [0, 0.05) is 29.4 Å². The summed E-state index contributed by atoms with van der Waals surface area (Å²) in [5.74, 6) is 0.453. The number of alkyl halides is 3. The van der Waals surface area contributed by atoms with Gasteiger partial charge in [0.25, 0.3) is 0 Å². The first-order valence-electron chi connectivity index (χ1n) is 11.0. The summed E-state index contributed by atoms with van der Waals surface area (Å²) < 4.78 is 39.7. The van der Waals surface area contributed by atoms with Crippen LogP contribution in [-0.4, -0.2) is 35.1 Å². The zero-order valence-electron chi connectivity index (χ0n) is 19.0. The van der Waals surface area contributed by atoms with E-state index in [1.165, 1.54) is 17.4 Å². The molecular formula is C24H24F3N5OS. The molecule has 0 aliphatic carbocycles. The van der Waals surface area contributed by atoms with Crippen LogP contribution in [-0.2, 0) is 11.6 Å². The lowest BCUT2D eigenvalue weighted by Crippen LogP contribution is -2.48. The Labute approximate surface area is 199 Å². The van der Waals surface area contributed by atoms with Crippen LogP contribution in [0, 0.1) is 0 Å². The molecule has 5 rings (SSSR count). The van der Waals surface area contributed by atoms with Crippen molar-refractivity contribution in [2.45, 2.75) is 44.8 Å². The van der Waals surface area contributed by atoms with E-state index in [1.54, 1.807) is 17.0 Å². The van der Waals surface area contributed by atoms with E-state index in [-0.39, 0.29) is 17.5 Å². The first kappa shape index (κ1) is 22.6. The standard InChI is InChI=1S/C24H24F3N5OS/c1-23(2,3)19-13-34-21(29-19)30-22(33)32-16-9-10-31(12-16)18-8-7-17(28-20(18)32)14-5-4-6-15(11-14)24(25,26)27/h4-8,11,13,16H,9-10,12H2,1-3H3,(H,29,30,33)/t16-/m0/s1. The molecule has 0 radical (unpaired) electrons. The summed E-state index contributed by atoms with van der Waals surface area (Å²) in [7, 11) is 0. The smallest absolute Gasteiger partial charge is 0.366 e. The molecule has 1 saturated heterocycles. The molecule has 0 saturated carbocycles. The molecule has 1 fully saturated rings. The lowest BCUT2D eigenvalue weighted by Gasteiger charge is -2.35. The van der Waals surface area contributed by atoms with Crippen molar-refractivity contribution in [3.05, 3.63) is 53.0 Å². The largest absolute Gasteiger partial charge is 0.416 e. The highest BCUT2D eigenvalue weighted by atomic mass is 32.1. The average molecular weight is 488 g/mol. The van der Waals surface area contributed by atoms with E-state index >= 15 is 0 Å². The minimum atomic E-state index is -4.44. The quantitative estimate of drug-likeness (QED) is 0.471. The molecule has 178 valence electrons. The van der Waals surface area contributed by atoms with E-state index in [9.17, 15) is 18.0 Å². The van der Waals surface area contributed by atoms with Crippen molar-refractivity contribution in [1.29, 1.82) is 0 Å². The molecule has 2 aliphatic heterocycles. The fraction of sp³-hybridized carbons (Fsp3) is 0.375. The van der Waals surface area contributed by atoms with E-state index in [0.29, 0.717) is 28.8 Å². The Morgan fingerprint density at radius 3 is 2.65 bits per heavy atom. The minimum absolute atomic E-state index is 0.0705. The fourth-order valence-corrected chi connectivity index (χ4v) is 5.24. The summed E-state index contributed by atoms with van der Waals surface area (Å²) in [5, 5.41) is 5.34. The molecule has 10 heteroatoms. The number of amides is 2. The lowest BCUT2D eigenvalue weighted by molar-refractivity contribution is -0.137. The Hall–Kier alpha value is -3.14. The number of pyridine rings is 1. The van der Waals surface area contributed by atoms with Gasteiger partial charge in [-0.2, -0.15) is 13.2 Å². The first-order chi connectivity index (χ1) is 16.0. The fourth-order valence-electron chi connectivity index (χ4n) is 4.31. The number of rotatable bonds is 2. The predicted octanol–water partition coefficient (Wildman–Crippen LogP) is 6.15. The van der Waals surface area contributed by atoms with Crippen LogP contribution in [0.3, 0.4) is 0 Å². The van der Waals surface area contributed by atoms with Gasteiger partial charge in [0.05, 0.1) is 28.7 Å². The summed E-state index contributed by atoms with van der Waals surface area (Å²) in [4.78, 5) is 26.4. The third kappa shape index (κ3) is 4.11. The number of nitrogens with zero attached hydrogens (tertiary/aromatic N) is 4. The number of nitrogens with one attached hydrogen (secondary N) is 1. The van der Waals surface area contributed by atoms with Gasteiger partial charge in [-0.15, -0.1) is 11.3 Å².